The van der Waals surface area contributed by atoms with E-state index in [2.05, 4.69) is 20.0 Å². The van der Waals surface area contributed by atoms with Crippen LogP contribution in [0.4, 0.5) is 0 Å². The molecule has 2 aromatic heterocycles. The van der Waals surface area contributed by atoms with Gasteiger partial charge in [0.25, 0.3) is 0 Å². The molecule has 3 rings (SSSR count). The zero-order valence-electron chi connectivity index (χ0n) is 13.1. The summed E-state index contributed by atoms with van der Waals surface area (Å²) in [6.45, 7) is 5.97. The molecule has 2 heterocycles. The van der Waals surface area contributed by atoms with Gasteiger partial charge in [-0.3, -0.25) is 0 Å². The van der Waals surface area contributed by atoms with E-state index in [1.807, 2.05) is 26.8 Å². The summed E-state index contributed by atoms with van der Waals surface area (Å²) in [5.74, 6) is 0.721. The number of hydrogen-bond acceptors (Lipinski definition) is 6. The average molecular weight is 351 g/mol. The topological polar surface area (TPSA) is 89.2 Å². The van der Waals surface area contributed by atoms with E-state index in [1.54, 1.807) is 16.6 Å². The van der Waals surface area contributed by atoms with Gasteiger partial charge in [0.1, 0.15) is 5.01 Å². The Hall–Kier alpha value is -1.84. The molecule has 0 bridgehead atoms. The van der Waals surface area contributed by atoms with Crippen LogP contribution in [0.3, 0.4) is 0 Å². The molecule has 0 fully saturated rings. The zero-order chi connectivity index (χ0) is 16.6. The molecule has 0 saturated carbocycles. The van der Waals surface area contributed by atoms with Crippen LogP contribution in [-0.4, -0.2) is 34.8 Å². The Kier molecular flexibility index (Phi) is 4.17. The van der Waals surface area contributed by atoms with Crippen LogP contribution in [0.15, 0.2) is 23.1 Å². The molecule has 0 atom stereocenters. The van der Waals surface area contributed by atoms with Crippen LogP contribution in [0.5, 0.6) is 0 Å². The van der Waals surface area contributed by atoms with Crippen molar-refractivity contribution >= 4 is 26.3 Å². The fourth-order valence-corrected chi connectivity index (χ4v) is 4.11. The van der Waals surface area contributed by atoms with Crippen molar-refractivity contribution < 1.29 is 8.42 Å². The zero-order valence-corrected chi connectivity index (χ0v) is 14.7. The monoisotopic (exact) mass is 351 g/mol. The van der Waals surface area contributed by atoms with E-state index in [0.717, 1.165) is 26.9 Å². The molecule has 3 aromatic rings. The SMILES string of the molecule is Cc1ccc(S(=O)(=O)NCCc2nn3c(C)nnc3s2)cc1C. The van der Waals surface area contributed by atoms with Gasteiger partial charge in [0.05, 0.1) is 4.90 Å². The van der Waals surface area contributed by atoms with Gasteiger partial charge in [-0.15, -0.1) is 10.2 Å². The number of benzene rings is 1. The number of aromatic nitrogens is 4. The smallest absolute Gasteiger partial charge is 0.211 e. The Morgan fingerprint density at radius 1 is 1.17 bits per heavy atom. The highest BCUT2D eigenvalue weighted by atomic mass is 32.2. The Labute approximate surface area is 138 Å². The van der Waals surface area contributed by atoms with E-state index in [-0.39, 0.29) is 4.90 Å². The summed E-state index contributed by atoms with van der Waals surface area (Å²) in [5, 5.41) is 13.1. The van der Waals surface area contributed by atoms with Crippen LogP contribution >= 0.6 is 11.3 Å². The molecule has 1 aromatic carbocycles. The largest absolute Gasteiger partial charge is 0.240 e. The van der Waals surface area contributed by atoms with Crippen molar-refractivity contribution in [3.63, 3.8) is 0 Å². The molecule has 7 nitrogen and oxygen atoms in total. The van der Waals surface area contributed by atoms with Crippen molar-refractivity contribution in [1.82, 2.24) is 24.5 Å². The summed E-state index contributed by atoms with van der Waals surface area (Å²) in [6.07, 6.45) is 0.511. The second-order valence-corrected chi connectivity index (χ2v) is 8.14. The van der Waals surface area contributed by atoms with E-state index < -0.39 is 10.0 Å². The quantitative estimate of drug-likeness (QED) is 0.755. The minimum absolute atomic E-state index is 0.287. The predicted molar refractivity (Wildman–Crippen MR) is 88.2 cm³/mol. The standard InChI is InChI=1S/C14H17N5O2S2/c1-9-4-5-12(8-10(9)2)23(20,21)15-7-6-13-18-19-11(3)16-17-14(19)22-13/h4-5,8,15H,6-7H2,1-3H3. The third-order valence-corrected chi connectivity index (χ3v) is 6.03. The van der Waals surface area contributed by atoms with Gasteiger partial charge in [-0.2, -0.15) is 9.61 Å². The highest BCUT2D eigenvalue weighted by Gasteiger charge is 2.15. The van der Waals surface area contributed by atoms with Crippen molar-refractivity contribution in [2.24, 2.45) is 0 Å². The van der Waals surface area contributed by atoms with Gasteiger partial charge in [0.15, 0.2) is 5.82 Å². The van der Waals surface area contributed by atoms with Crippen LogP contribution in [0, 0.1) is 20.8 Å². The summed E-state index contributed by atoms with van der Waals surface area (Å²) >= 11 is 1.41. The van der Waals surface area contributed by atoms with E-state index in [1.165, 1.54) is 11.3 Å². The predicted octanol–water partition coefficient (Wildman–Crippen LogP) is 1.63. The summed E-state index contributed by atoms with van der Waals surface area (Å²) in [7, 11) is -3.50. The van der Waals surface area contributed by atoms with Crippen molar-refractivity contribution in [2.75, 3.05) is 6.54 Å². The molecule has 0 unspecified atom stereocenters. The first-order valence-corrected chi connectivity index (χ1v) is 9.41. The third kappa shape index (κ3) is 3.26. The van der Waals surface area contributed by atoms with Crippen LogP contribution < -0.4 is 4.72 Å². The number of nitrogens with one attached hydrogen (secondary N) is 1. The van der Waals surface area contributed by atoms with Crippen molar-refractivity contribution in [3.8, 4) is 0 Å². The van der Waals surface area contributed by atoms with E-state index in [9.17, 15) is 8.42 Å². The molecule has 23 heavy (non-hydrogen) atoms. The number of rotatable bonds is 5. The van der Waals surface area contributed by atoms with Crippen molar-refractivity contribution in [3.05, 3.63) is 40.2 Å². The molecule has 0 aliphatic heterocycles. The number of fused-ring (bicyclic) bond motifs is 1. The summed E-state index contributed by atoms with van der Waals surface area (Å²) < 4.78 is 28.9. The average Bonchev–Trinajstić information content (AvgIpc) is 3.04. The molecule has 0 aliphatic rings. The first kappa shape index (κ1) is 16.0. The van der Waals surface area contributed by atoms with Crippen molar-refractivity contribution in [1.29, 1.82) is 0 Å². The Morgan fingerprint density at radius 2 is 1.96 bits per heavy atom. The molecular formula is C14H17N5O2S2. The maximum atomic E-state index is 12.3. The molecule has 0 amide bonds. The maximum absolute atomic E-state index is 12.3. The maximum Gasteiger partial charge on any atom is 0.240 e. The lowest BCUT2D eigenvalue weighted by Crippen LogP contribution is -2.26. The van der Waals surface area contributed by atoms with Gasteiger partial charge in [-0.25, -0.2) is 13.1 Å². The fraction of sp³-hybridized carbons (Fsp3) is 0.357. The molecule has 9 heteroatoms. The van der Waals surface area contributed by atoms with Crippen LogP contribution in [0.25, 0.3) is 4.96 Å². The Morgan fingerprint density at radius 3 is 2.65 bits per heavy atom. The molecule has 0 spiro atoms. The number of hydrogen-bond donors (Lipinski definition) is 1. The van der Waals surface area contributed by atoms with Gasteiger partial charge < -0.3 is 0 Å². The molecule has 0 aliphatic carbocycles. The molecular weight excluding hydrogens is 334 g/mol. The molecule has 122 valence electrons. The van der Waals surface area contributed by atoms with Gasteiger partial charge >= 0.3 is 0 Å². The first-order chi connectivity index (χ1) is 10.9. The van der Waals surface area contributed by atoms with Gasteiger partial charge in [0.2, 0.25) is 15.0 Å². The Bertz CT molecular complexity index is 959. The van der Waals surface area contributed by atoms with Crippen LogP contribution in [-0.2, 0) is 16.4 Å². The third-order valence-electron chi connectivity index (χ3n) is 3.61. The normalized spacial score (nSPS) is 12.1. The van der Waals surface area contributed by atoms with Crippen LogP contribution in [0.1, 0.15) is 22.0 Å². The highest BCUT2D eigenvalue weighted by Crippen LogP contribution is 2.16. The Balaban J connectivity index is 1.68. The van der Waals surface area contributed by atoms with Crippen molar-refractivity contribution in [2.45, 2.75) is 32.1 Å². The van der Waals surface area contributed by atoms with E-state index in [4.69, 9.17) is 0 Å². The second kappa shape index (κ2) is 5.99. The van der Waals surface area contributed by atoms with Gasteiger partial charge in [-0.1, -0.05) is 17.4 Å². The summed E-state index contributed by atoms with van der Waals surface area (Å²) in [5.41, 5.74) is 2.02. The lowest BCUT2D eigenvalue weighted by molar-refractivity contribution is 0.581. The van der Waals surface area contributed by atoms with Gasteiger partial charge in [0, 0.05) is 13.0 Å². The number of aryl methyl sites for hydroxylation is 3. The number of nitrogens with zero attached hydrogens (tertiary/aromatic N) is 4. The highest BCUT2D eigenvalue weighted by molar-refractivity contribution is 7.89. The molecule has 0 radical (unpaired) electrons. The number of sulfonamides is 1. The van der Waals surface area contributed by atoms with E-state index in [0.29, 0.717) is 13.0 Å². The molecule has 0 saturated heterocycles. The lowest BCUT2D eigenvalue weighted by Gasteiger charge is -2.08. The first-order valence-electron chi connectivity index (χ1n) is 7.11. The fourth-order valence-electron chi connectivity index (χ4n) is 2.11. The lowest BCUT2D eigenvalue weighted by atomic mass is 10.1. The second-order valence-electron chi connectivity index (χ2n) is 5.33. The van der Waals surface area contributed by atoms with Crippen LogP contribution in [0.2, 0.25) is 0 Å². The minimum atomic E-state index is -3.50. The summed E-state index contributed by atoms with van der Waals surface area (Å²) in [6, 6.07) is 5.12. The van der Waals surface area contributed by atoms with E-state index >= 15 is 0 Å². The summed E-state index contributed by atoms with van der Waals surface area (Å²) in [4.78, 5) is 1.00. The van der Waals surface area contributed by atoms with Gasteiger partial charge in [-0.05, 0) is 44.0 Å². The molecule has 1 N–H and O–H groups in total. The minimum Gasteiger partial charge on any atom is -0.211 e.